The maximum absolute atomic E-state index is 11.5. The third-order valence-corrected chi connectivity index (χ3v) is 6.80. The fraction of sp³-hybridized carbons (Fsp3) is 0.423. The summed E-state index contributed by atoms with van der Waals surface area (Å²) in [6.45, 7) is 2.86. The predicted molar refractivity (Wildman–Crippen MR) is 139 cm³/mol. The molecule has 0 bridgehead atoms. The predicted octanol–water partition coefficient (Wildman–Crippen LogP) is 5.19. The second-order valence-corrected chi connectivity index (χ2v) is 9.58. The van der Waals surface area contributed by atoms with Gasteiger partial charge in [-0.2, -0.15) is 0 Å². The number of carbonyl (C=O) groups is 1. The smallest absolute Gasteiger partial charge is 0.319 e. The summed E-state index contributed by atoms with van der Waals surface area (Å²) in [6, 6.07) is 11.8. The van der Waals surface area contributed by atoms with Gasteiger partial charge in [-0.05, 0) is 69.0 Å². The molecular weight excluding hydrogens is 512 g/mol. The van der Waals surface area contributed by atoms with Gasteiger partial charge in [-0.1, -0.05) is 22.0 Å². The second-order valence-electron chi connectivity index (χ2n) is 8.66. The zero-order valence-electron chi connectivity index (χ0n) is 20.1. The number of anilines is 2. The number of nitrogens with zero attached hydrogens (tertiary/aromatic N) is 3. The van der Waals surface area contributed by atoms with Crippen LogP contribution in [0.15, 0.2) is 47.2 Å². The molecule has 1 saturated heterocycles. The van der Waals surface area contributed by atoms with E-state index in [1.54, 1.807) is 13.4 Å². The minimum Gasteiger partial charge on any atom is -0.493 e. The SMILES string of the molecule is COC(=O)CN1CCC(CCCOc2cc3c(Nc4cccc(Br)c4)ncnc3cc2OC)CC1. The first-order valence-corrected chi connectivity index (χ1v) is 12.6. The zero-order chi connectivity index (χ0) is 24.6. The van der Waals surface area contributed by atoms with Crippen LogP contribution < -0.4 is 14.8 Å². The molecule has 2 aromatic carbocycles. The lowest BCUT2D eigenvalue weighted by molar-refractivity contribution is -0.142. The molecule has 1 aliphatic heterocycles. The summed E-state index contributed by atoms with van der Waals surface area (Å²) in [5.41, 5.74) is 1.70. The van der Waals surface area contributed by atoms with Crippen LogP contribution in [0.3, 0.4) is 0 Å². The van der Waals surface area contributed by atoms with Crippen molar-refractivity contribution in [2.75, 3.05) is 45.8 Å². The van der Waals surface area contributed by atoms with Gasteiger partial charge < -0.3 is 19.5 Å². The van der Waals surface area contributed by atoms with Gasteiger partial charge in [0.2, 0.25) is 0 Å². The molecule has 1 N–H and O–H groups in total. The van der Waals surface area contributed by atoms with E-state index in [9.17, 15) is 4.79 Å². The first kappa shape index (κ1) is 25.2. The Bertz CT molecular complexity index is 1150. The standard InChI is InChI=1S/C26H31BrN4O4/c1-33-23-15-22-21(26(29-17-28-22)30-20-7-3-6-19(27)13-20)14-24(23)35-12-4-5-18-8-10-31(11-9-18)16-25(32)34-2/h3,6-7,13-15,17-18H,4-5,8-12,16H2,1-2H3,(H,28,29,30). The highest BCUT2D eigenvalue weighted by Gasteiger charge is 2.21. The Labute approximate surface area is 214 Å². The van der Waals surface area contributed by atoms with Crippen molar-refractivity contribution >= 4 is 44.3 Å². The Morgan fingerprint density at radius 1 is 1.14 bits per heavy atom. The number of halogens is 1. The van der Waals surface area contributed by atoms with Crippen LogP contribution in [0.2, 0.25) is 0 Å². The minimum absolute atomic E-state index is 0.165. The third-order valence-electron chi connectivity index (χ3n) is 6.31. The molecule has 8 nitrogen and oxygen atoms in total. The Kier molecular flexibility index (Phi) is 8.76. The van der Waals surface area contributed by atoms with Gasteiger partial charge in [0.05, 0.1) is 32.9 Å². The van der Waals surface area contributed by atoms with Crippen LogP contribution in [0.1, 0.15) is 25.7 Å². The van der Waals surface area contributed by atoms with Crippen LogP contribution in [-0.2, 0) is 9.53 Å². The topological polar surface area (TPSA) is 85.8 Å². The number of benzene rings is 2. The van der Waals surface area contributed by atoms with Crippen molar-refractivity contribution in [1.29, 1.82) is 0 Å². The summed E-state index contributed by atoms with van der Waals surface area (Å²) in [5.74, 6) is 2.53. The molecule has 0 amide bonds. The van der Waals surface area contributed by atoms with E-state index in [0.717, 1.165) is 59.8 Å². The molecule has 4 rings (SSSR count). The van der Waals surface area contributed by atoms with Crippen LogP contribution >= 0.6 is 15.9 Å². The van der Waals surface area contributed by atoms with Crippen molar-refractivity contribution in [3.63, 3.8) is 0 Å². The molecule has 9 heteroatoms. The number of carbonyl (C=O) groups excluding carboxylic acids is 1. The van der Waals surface area contributed by atoms with Crippen molar-refractivity contribution in [3.05, 3.63) is 47.2 Å². The number of ether oxygens (including phenoxy) is 3. The molecule has 0 radical (unpaired) electrons. The highest BCUT2D eigenvalue weighted by atomic mass is 79.9. The lowest BCUT2D eigenvalue weighted by Crippen LogP contribution is -2.37. The molecule has 0 atom stereocenters. The van der Waals surface area contributed by atoms with Crippen molar-refractivity contribution in [2.45, 2.75) is 25.7 Å². The summed E-state index contributed by atoms with van der Waals surface area (Å²) >= 11 is 3.50. The normalized spacial score (nSPS) is 14.6. The second kappa shape index (κ2) is 12.2. The first-order chi connectivity index (χ1) is 17.1. The molecule has 35 heavy (non-hydrogen) atoms. The molecule has 0 unspecified atom stereocenters. The van der Waals surface area contributed by atoms with Gasteiger partial charge in [0.25, 0.3) is 0 Å². The quantitative estimate of drug-likeness (QED) is 0.276. The summed E-state index contributed by atoms with van der Waals surface area (Å²) in [7, 11) is 3.07. The van der Waals surface area contributed by atoms with Crippen LogP contribution in [-0.4, -0.2) is 61.3 Å². The average molecular weight is 543 g/mol. The molecule has 186 valence electrons. The first-order valence-electron chi connectivity index (χ1n) is 11.8. The molecule has 1 aliphatic rings. The summed E-state index contributed by atoms with van der Waals surface area (Å²) < 4.78 is 17.5. The fourth-order valence-corrected chi connectivity index (χ4v) is 4.77. The van der Waals surface area contributed by atoms with Crippen molar-refractivity contribution in [1.82, 2.24) is 14.9 Å². The van der Waals surface area contributed by atoms with Gasteiger partial charge in [0, 0.05) is 21.6 Å². The average Bonchev–Trinajstić information content (AvgIpc) is 2.87. The maximum Gasteiger partial charge on any atom is 0.319 e. The van der Waals surface area contributed by atoms with Crippen LogP contribution in [0.4, 0.5) is 11.5 Å². The van der Waals surface area contributed by atoms with Crippen LogP contribution in [0.5, 0.6) is 11.5 Å². The van der Waals surface area contributed by atoms with E-state index in [1.807, 2.05) is 36.4 Å². The van der Waals surface area contributed by atoms with E-state index in [0.29, 0.717) is 36.4 Å². The molecule has 2 heterocycles. The monoisotopic (exact) mass is 542 g/mol. The molecule has 1 aromatic heterocycles. The van der Waals surface area contributed by atoms with E-state index in [4.69, 9.17) is 14.2 Å². The molecule has 0 saturated carbocycles. The number of nitrogens with one attached hydrogen (secondary N) is 1. The molecule has 3 aromatic rings. The Balaban J connectivity index is 1.36. The number of hydrogen-bond acceptors (Lipinski definition) is 8. The van der Waals surface area contributed by atoms with E-state index in [1.165, 1.54) is 7.11 Å². The third kappa shape index (κ3) is 6.82. The molecule has 1 fully saturated rings. The number of fused-ring (bicyclic) bond motifs is 1. The number of hydrogen-bond donors (Lipinski definition) is 1. The van der Waals surface area contributed by atoms with Gasteiger partial charge in [-0.15, -0.1) is 0 Å². The van der Waals surface area contributed by atoms with Gasteiger partial charge >= 0.3 is 5.97 Å². The van der Waals surface area contributed by atoms with Crippen molar-refractivity contribution in [3.8, 4) is 11.5 Å². The number of methoxy groups -OCH3 is 2. The number of likely N-dealkylation sites (tertiary alicyclic amines) is 1. The lowest BCUT2D eigenvalue weighted by atomic mass is 9.92. The number of rotatable bonds is 10. The van der Waals surface area contributed by atoms with Crippen LogP contribution in [0, 0.1) is 5.92 Å². The van der Waals surface area contributed by atoms with Crippen LogP contribution in [0.25, 0.3) is 10.9 Å². The highest BCUT2D eigenvalue weighted by Crippen LogP contribution is 2.35. The van der Waals surface area contributed by atoms with Gasteiger partial charge in [-0.25, -0.2) is 9.97 Å². The Morgan fingerprint density at radius 3 is 2.71 bits per heavy atom. The highest BCUT2D eigenvalue weighted by molar-refractivity contribution is 9.10. The minimum atomic E-state index is -0.165. The number of piperidine rings is 1. The molecular formula is C26H31BrN4O4. The molecule has 0 spiro atoms. The fourth-order valence-electron chi connectivity index (χ4n) is 4.37. The number of esters is 1. The summed E-state index contributed by atoms with van der Waals surface area (Å²) in [6.07, 6.45) is 5.79. The lowest BCUT2D eigenvalue weighted by Gasteiger charge is -2.31. The Hall–Kier alpha value is -2.91. The zero-order valence-corrected chi connectivity index (χ0v) is 21.7. The van der Waals surface area contributed by atoms with Gasteiger partial charge in [0.15, 0.2) is 11.5 Å². The van der Waals surface area contributed by atoms with E-state index >= 15 is 0 Å². The van der Waals surface area contributed by atoms with Gasteiger partial charge in [0.1, 0.15) is 12.1 Å². The van der Waals surface area contributed by atoms with E-state index < -0.39 is 0 Å². The Morgan fingerprint density at radius 2 is 1.97 bits per heavy atom. The van der Waals surface area contributed by atoms with Gasteiger partial charge in [-0.3, -0.25) is 9.69 Å². The summed E-state index contributed by atoms with van der Waals surface area (Å²) in [4.78, 5) is 22.5. The van der Waals surface area contributed by atoms with E-state index in [2.05, 4.69) is 36.1 Å². The molecule has 0 aliphatic carbocycles. The number of aromatic nitrogens is 2. The largest absolute Gasteiger partial charge is 0.493 e. The summed E-state index contributed by atoms with van der Waals surface area (Å²) in [5, 5.41) is 4.23. The van der Waals surface area contributed by atoms with Crippen molar-refractivity contribution < 1.29 is 19.0 Å². The van der Waals surface area contributed by atoms with Crippen molar-refractivity contribution in [2.24, 2.45) is 5.92 Å². The maximum atomic E-state index is 11.5. The van der Waals surface area contributed by atoms with E-state index in [-0.39, 0.29) is 5.97 Å².